The number of amides is 1. The molecule has 144 valence electrons. The maximum Gasteiger partial charge on any atom is 0.334 e. The van der Waals surface area contributed by atoms with E-state index in [1.807, 2.05) is 13.8 Å². The molecular formula is C22H21NO5. The summed E-state index contributed by atoms with van der Waals surface area (Å²) in [6.45, 7) is 3.93. The van der Waals surface area contributed by atoms with Gasteiger partial charge in [-0.25, -0.2) is 4.79 Å². The summed E-state index contributed by atoms with van der Waals surface area (Å²) >= 11 is 0. The molecule has 1 aromatic carbocycles. The first-order chi connectivity index (χ1) is 13.4. The Morgan fingerprint density at radius 2 is 1.82 bits per heavy atom. The molecule has 1 aliphatic heterocycles. The van der Waals surface area contributed by atoms with E-state index < -0.39 is 23.8 Å². The van der Waals surface area contributed by atoms with Crippen molar-refractivity contribution in [3.05, 3.63) is 71.4 Å². The number of rotatable bonds is 3. The van der Waals surface area contributed by atoms with Crippen LogP contribution in [0.3, 0.4) is 0 Å². The van der Waals surface area contributed by atoms with Crippen LogP contribution in [0, 0.1) is 5.41 Å². The van der Waals surface area contributed by atoms with Gasteiger partial charge >= 0.3 is 5.97 Å². The highest BCUT2D eigenvalue weighted by Gasteiger charge is 2.48. The first kappa shape index (κ1) is 18.2. The van der Waals surface area contributed by atoms with Gasteiger partial charge in [-0.05, 0) is 29.7 Å². The van der Waals surface area contributed by atoms with Crippen LogP contribution in [0.2, 0.25) is 0 Å². The number of ether oxygens (including phenoxy) is 1. The molecule has 2 heterocycles. The average Bonchev–Trinajstić information content (AvgIpc) is 3.16. The largest absolute Gasteiger partial charge is 0.469 e. The average molecular weight is 379 g/mol. The van der Waals surface area contributed by atoms with Crippen LogP contribution in [-0.2, 0) is 14.3 Å². The van der Waals surface area contributed by atoms with Crippen molar-refractivity contribution in [3.8, 4) is 0 Å². The molecule has 2 aromatic rings. The van der Waals surface area contributed by atoms with E-state index >= 15 is 0 Å². The fraction of sp³-hybridized carbons (Fsp3) is 0.318. The molecule has 0 saturated heterocycles. The fourth-order valence-corrected chi connectivity index (χ4v) is 3.93. The summed E-state index contributed by atoms with van der Waals surface area (Å²) in [5.41, 5.74) is 0.556. The van der Waals surface area contributed by atoms with Gasteiger partial charge in [0.05, 0.1) is 12.2 Å². The highest BCUT2D eigenvalue weighted by molar-refractivity contribution is 6.03. The monoisotopic (exact) mass is 379 g/mol. The number of Topliss-reactive ketones (excluding diaryl/α,β-unsaturated/α-hetero) is 1. The number of esters is 1. The highest BCUT2D eigenvalue weighted by atomic mass is 16.5. The van der Waals surface area contributed by atoms with Crippen LogP contribution < -0.4 is 5.32 Å². The minimum atomic E-state index is -1.04. The summed E-state index contributed by atoms with van der Waals surface area (Å²) in [6, 6.07) is 11.0. The SMILES string of the molecule is CC1(C)CC(=O)C2=C(C1)OC(=O)[C@H](NC(=O)c1ccccc1)[C@@H]2c1ccco1. The van der Waals surface area contributed by atoms with Crippen molar-refractivity contribution < 1.29 is 23.5 Å². The Bertz CT molecular complexity index is 956. The van der Waals surface area contributed by atoms with E-state index in [0.717, 1.165) is 0 Å². The number of ketones is 1. The lowest BCUT2D eigenvalue weighted by Crippen LogP contribution is -2.51. The highest BCUT2D eigenvalue weighted by Crippen LogP contribution is 2.46. The lowest BCUT2D eigenvalue weighted by Gasteiger charge is -2.39. The number of benzene rings is 1. The smallest absolute Gasteiger partial charge is 0.334 e. The van der Waals surface area contributed by atoms with E-state index in [1.54, 1.807) is 42.5 Å². The molecule has 6 heteroatoms. The molecule has 0 fully saturated rings. The van der Waals surface area contributed by atoms with Crippen LogP contribution in [0.4, 0.5) is 0 Å². The van der Waals surface area contributed by atoms with Crippen LogP contribution in [0.15, 0.2) is 64.5 Å². The summed E-state index contributed by atoms with van der Waals surface area (Å²) in [5.74, 6) is -0.947. The van der Waals surface area contributed by atoms with Crippen molar-refractivity contribution >= 4 is 17.7 Å². The van der Waals surface area contributed by atoms with Crippen molar-refractivity contribution in [2.45, 2.75) is 38.6 Å². The van der Waals surface area contributed by atoms with E-state index in [-0.39, 0.29) is 11.2 Å². The summed E-state index contributed by atoms with van der Waals surface area (Å²) in [4.78, 5) is 38.4. The number of nitrogens with one attached hydrogen (secondary N) is 1. The quantitative estimate of drug-likeness (QED) is 0.827. The third-order valence-corrected chi connectivity index (χ3v) is 5.17. The number of furan rings is 1. The molecule has 0 spiro atoms. The fourth-order valence-electron chi connectivity index (χ4n) is 3.93. The molecule has 1 aliphatic carbocycles. The summed E-state index contributed by atoms with van der Waals surface area (Å²) in [6.07, 6.45) is 2.32. The predicted molar refractivity (Wildman–Crippen MR) is 100 cm³/mol. The van der Waals surface area contributed by atoms with Crippen LogP contribution in [-0.4, -0.2) is 23.7 Å². The van der Waals surface area contributed by atoms with E-state index in [2.05, 4.69) is 5.32 Å². The van der Waals surface area contributed by atoms with E-state index in [0.29, 0.717) is 35.5 Å². The van der Waals surface area contributed by atoms with Crippen LogP contribution >= 0.6 is 0 Å². The van der Waals surface area contributed by atoms with Gasteiger partial charge in [0.2, 0.25) is 0 Å². The molecule has 28 heavy (non-hydrogen) atoms. The van der Waals surface area contributed by atoms with Gasteiger partial charge in [-0.15, -0.1) is 0 Å². The number of carbonyl (C=O) groups is 3. The minimum absolute atomic E-state index is 0.0842. The van der Waals surface area contributed by atoms with Crippen LogP contribution in [0.5, 0.6) is 0 Å². The van der Waals surface area contributed by atoms with Gasteiger partial charge in [0.25, 0.3) is 5.91 Å². The Hall–Kier alpha value is -3.15. The summed E-state index contributed by atoms with van der Waals surface area (Å²) < 4.78 is 11.1. The van der Waals surface area contributed by atoms with Gasteiger partial charge in [-0.1, -0.05) is 32.0 Å². The predicted octanol–water partition coefficient (Wildman–Crippen LogP) is 3.36. The Morgan fingerprint density at radius 1 is 1.07 bits per heavy atom. The topological polar surface area (TPSA) is 85.6 Å². The first-order valence-corrected chi connectivity index (χ1v) is 9.23. The molecule has 0 saturated carbocycles. The van der Waals surface area contributed by atoms with Gasteiger partial charge in [0.1, 0.15) is 17.6 Å². The third kappa shape index (κ3) is 3.26. The van der Waals surface area contributed by atoms with Crippen molar-refractivity contribution in [2.75, 3.05) is 0 Å². The molecule has 1 N–H and O–H groups in total. The molecule has 0 radical (unpaired) electrons. The van der Waals surface area contributed by atoms with E-state index in [1.165, 1.54) is 6.26 Å². The second kappa shape index (κ2) is 6.78. The molecule has 2 atom stereocenters. The maximum absolute atomic E-state index is 13.0. The molecule has 2 aliphatic rings. The minimum Gasteiger partial charge on any atom is -0.469 e. The van der Waals surface area contributed by atoms with Gasteiger partial charge in [-0.2, -0.15) is 0 Å². The van der Waals surface area contributed by atoms with Crippen molar-refractivity contribution in [3.63, 3.8) is 0 Å². The Labute approximate surface area is 162 Å². The Morgan fingerprint density at radius 3 is 2.50 bits per heavy atom. The van der Waals surface area contributed by atoms with Crippen LogP contribution in [0.25, 0.3) is 0 Å². The lowest BCUT2D eigenvalue weighted by molar-refractivity contribution is -0.145. The second-order valence-corrected chi connectivity index (χ2v) is 8.01. The second-order valence-electron chi connectivity index (χ2n) is 8.01. The molecular weight excluding hydrogens is 358 g/mol. The Balaban J connectivity index is 1.74. The maximum atomic E-state index is 13.0. The Kier molecular flexibility index (Phi) is 4.41. The number of carbonyl (C=O) groups excluding carboxylic acids is 3. The van der Waals surface area contributed by atoms with Crippen molar-refractivity contribution in [1.29, 1.82) is 0 Å². The number of hydrogen-bond donors (Lipinski definition) is 1. The lowest BCUT2D eigenvalue weighted by atomic mass is 9.71. The molecule has 1 aromatic heterocycles. The third-order valence-electron chi connectivity index (χ3n) is 5.17. The first-order valence-electron chi connectivity index (χ1n) is 9.23. The number of hydrogen-bond acceptors (Lipinski definition) is 5. The summed E-state index contributed by atoms with van der Waals surface area (Å²) in [7, 11) is 0. The molecule has 1 amide bonds. The van der Waals surface area contributed by atoms with E-state index in [9.17, 15) is 14.4 Å². The molecule has 0 unspecified atom stereocenters. The molecule has 6 nitrogen and oxygen atoms in total. The molecule has 0 bridgehead atoms. The molecule has 4 rings (SSSR count). The zero-order chi connectivity index (χ0) is 19.9. The van der Waals surface area contributed by atoms with Crippen molar-refractivity contribution in [1.82, 2.24) is 5.32 Å². The summed E-state index contributed by atoms with van der Waals surface area (Å²) in [5, 5.41) is 2.74. The van der Waals surface area contributed by atoms with Gasteiger partial charge in [0, 0.05) is 24.0 Å². The van der Waals surface area contributed by atoms with E-state index in [4.69, 9.17) is 9.15 Å². The normalized spacial score (nSPS) is 23.8. The van der Waals surface area contributed by atoms with Gasteiger partial charge in [-0.3, -0.25) is 9.59 Å². The van der Waals surface area contributed by atoms with Gasteiger partial charge < -0.3 is 14.5 Å². The zero-order valence-electron chi connectivity index (χ0n) is 15.7. The standard InChI is InChI=1S/C22H21NO5/c1-22(2)11-14(24)17-16(12-22)28-21(26)19(18(17)15-9-6-10-27-15)23-20(25)13-7-4-3-5-8-13/h3-10,18-19H,11-12H2,1-2H3,(H,23,25)/t18-,19-/m1/s1. The van der Waals surface area contributed by atoms with Crippen molar-refractivity contribution in [2.24, 2.45) is 5.41 Å². The van der Waals surface area contributed by atoms with Gasteiger partial charge in [0.15, 0.2) is 5.78 Å². The van der Waals surface area contributed by atoms with Crippen LogP contribution in [0.1, 0.15) is 48.7 Å². The number of allylic oxidation sites excluding steroid dienone is 1. The zero-order valence-corrected chi connectivity index (χ0v) is 15.7.